The van der Waals surface area contributed by atoms with Crippen molar-refractivity contribution < 1.29 is 23.9 Å². The summed E-state index contributed by atoms with van der Waals surface area (Å²) >= 11 is 14.8. The topological polar surface area (TPSA) is 72.9 Å². The Morgan fingerprint density at radius 3 is 2.49 bits per heavy atom. The van der Waals surface area contributed by atoms with Crippen molar-refractivity contribution in [3.05, 3.63) is 95.9 Å². The number of halogens is 3. The molecule has 6 nitrogen and oxygen atoms in total. The van der Waals surface area contributed by atoms with Gasteiger partial charge in [0.2, 0.25) is 0 Å². The van der Waals surface area contributed by atoms with Crippen LogP contribution in [-0.2, 0) is 11.3 Å². The van der Waals surface area contributed by atoms with Crippen molar-refractivity contribution >= 4 is 80.7 Å². The van der Waals surface area contributed by atoms with E-state index in [1.165, 1.54) is 12.0 Å². The van der Waals surface area contributed by atoms with Crippen molar-refractivity contribution in [3.8, 4) is 11.5 Å². The van der Waals surface area contributed by atoms with Gasteiger partial charge in [0.15, 0.2) is 11.5 Å². The van der Waals surface area contributed by atoms with Crippen LogP contribution in [0.3, 0.4) is 0 Å². The number of carbonyl (C=O) groups excluding carboxylic acids is 3. The number of nitrogens with zero attached hydrogens (tertiary/aromatic N) is 1. The lowest BCUT2D eigenvalue weighted by Gasteiger charge is -2.13. The monoisotopic (exact) mass is 639 g/mol. The average molecular weight is 640 g/mol. The first kappa shape index (κ1) is 25.6. The minimum atomic E-state index is -0.562. The van der Waals surface area contributed by atoms with E-state index in [1.807, 2.05) is 22.6 Å². The quantitative estimate of drug-likeness (QED) is 0.124. The number of amides is 2. The van der Waals surface area contributed by atoms with E-state index in [0.717, 1.165) is 17.3 Å². The number of hydrogen-bond acceptors (Lipinski definition) is 6. The highest BCUT2D eigenvalue weighted by molar-refractivity contribution is 14.1. The van der Waals surface area contributed by atoms with Crippen LogP contribution in [-0.4, -0.2) is 29.1 Å². The number of imide groups is 1. The van der Waals surface area contributed by atoms with Crippen molar-refractivity contribution in [2.45, 2.75) is 6.54 Å². The van der Waals surface area contributed by atoms with Gasteiger partial charge in [0.1, 0.15) is 0 Å². The molecular weight excluding hydrogens is 624 g/mol. The standard InChI is InChI=1S/C25H16Cl2INO5S/c1-33-20-11-15(10-19(28)22(20)34-24(31)16-5-7-17(26)8-6-16)12-21-23(30)29(25(32)35-21)13-14-3-2-4-18(27)9-14/h2-12H,13H2,1H3/b21-12-. The molecule has 3 aromatic rings. The number of esters is 1. The van der Waals surface area contributed by atoms with Crippen molar-refractivity contribution in [2.75, 3.05) is 7.11 Å². The fraction of sp³-hybridized carbons (Fsp3) is 0.0800. The van der Waals surface area contributed by atoms with E-state index in [2.05, 4.69) is 0 Å². The Morgan fingerprint density at radius 1 is 1.06 bits per heavy atom. The molecule has 4 rings (SSSR count). The second-order valence-corrected chi connectivity index (χ2v) is 10.4. The number of methoxy groups -OCH3 is 1. The number of benzene rings is 3. The van der Waals surface area contributed by atoms with E-state index in [9.17, 15) is 14.4 Å². The maximum atomic E-state index is 12.9. The summed E-state index contributed by atoms with van der Waals surface area (Å²) in [5.74, 6) is -0.400. The Balaban J connectivity index is 1.56. The van der Waals surface area contributed by atoms with Gasteiger partial charge in [0.05, 0.1) is 27.7 Å². The fourth-order valence-electron chi connectivity index (χ4n) is 3.27. The smallest absolute Gasteiger partial charge is 0.343 e. The largest absolute Gasteiger partial charge is 0.493 e. The van der Waals surface area contributed by atoms with Gasteiger partial charge in [-0.15, -0.1) is 0 Å². The van der Waals surface area contributed by atoms with Crippen LogP contribution >= 0.6 is 57.6 Å². The van der Waals surface area contributed by atoms with Gasteiger partial charge in [0, 0.05) is 10.0 Å². The molecule has 0 N–H and O–H groups in total. The molecule has 1 aliphatic heterocycles. The molecule has 0 aliphatic carbocycles. The van der Waals surface area contributed by atoms with Crippen LogP contribution in [0.25, 0.3) is 6.08 Å². The first-order valence-electron chi connectivity index (χ1n) is 10.1. The molecule has 0 aromatic heterocycles. The van der Waals surface area contributed by atoms with Gasteiger partial charge in [-0.25, -0.2) is 4.79 Å². The van der Waals surface area contributed by atoms with E-state index in [1.54, 1.807) is 66.7 Å². The molecule has 1 aliphatic rings. The molecule has 1 fully saturated rings. The zero-order valence-electron chi connectivity index (χ0n) is 18.1. The Hall–Kier alpha value is -2.53. The molecular formula is C25H16Cl2INO5S. The highest BCUT2D eigenvalue weighted by Gasteiger charge is 2.35. The van der Waals surface area contributed by atoms with Gasteiger partial charge < -0.3 is 9.47 Å². The van der Waals surface area contributed by atoms with E-state index in [0.29, 0.717) is 30.5 Å². The molecule has 0 spiro atoms. The van der Waals surface area contributed by atoms with Gasteiger partial charge in [-0.05, 0) is 100 Å². The van der Waals surface area contributed by atoms with Gasteiger partial charge in [-0.1, -0.05) is 35.3 Å². The van der Waals surface area contributed by atoms with E-state index in [-0.39, 0.29) is 22.4 Å². The van der Waals surface area contributed by atoms with Crippen LogP contribution in [0.4, 0.5) is 4.79 Å². The first-order valence-corrected chi connectivity index (χ1v) is 12.8. The lowest BCUT2D eigenvalue weighted by Crippen LogP contribution is -2.27. The molecule has 0 saturated carbocycles. The first-order chi connectivity index (χ1) is 16.7. The van der Waals surface area contributed by atoms with Gasteiger partial charge in [-0.3, -0.25) is 14.5 Å². The summed E-state index contributed by atoms with van der Waals surface area (Å²) in [6, 6.07) is 16.7. The molecule has 2 amide bonds. The summed E-state index contributed by atoms with van der Waals surface area (Å²) in [6.45, 7) is 0.128. The number of rotatable bonds is 6. The molecule has 0 radical (unpaired) electrons. The van der Waals surface area contributed by atoms with Crippen LogP contribution in [0.15, 0.2) is 65.6 Å². The lowest BCUT2D eigenvalue weighted by atomic mass is 10.1. The van der Waals surface area contributed by atoms with Crippen molar-refractivity contribution in [3.63, 3.8) is 0 Å². The Labute approximate surface area is 229 Å². The van der Waals surface area contributed by atoms with Crippen LogP contribution in [0.1, 0.15) is 21.5 Å². The Morgan fingerprint density at radius 2 is 1.80 bits per heavy atom. The van der Waals surface area contributed by atoms with E-state index in [4.69, 9.17) is 32.7 Å². The van der Waals surface area contributed by atoms with Crippen molar-refractivity contribution in [2.24, 2.45) is 0 Å². The second kappa shape index (κ2) is 11.0. The average Bonchev–Trinajstić information content (AvgIpc) is 3.08. The van der Waals surface area contributed by atoms with Gasteiger partial charge in [-0.2, -0.15) is 0 Å². The maximum absolute atomic E-state index is 12.9. The summed E-state index contributed by atoms with van der Waals surface area (Å²) in [4.78, 5) is 39.4. The summed E-state index contributed by atoms with van der Waals surface area (Å²) in [5, 5.41) is 0.676. The zero-order chi connectivity index (χ0) is 25.1. The molecule has 3 aromatic carbocycles. The molecule has 0 atom stereocenters. The third-order valence-corrected chi connectivity index (χ3v) is 7.12. The molecule has 10 heteroatoms. The molecule has 178 valence electrons. The summed E-state index contributed by atoms with van der Waals surface area (Å²) in [5.41, 5.74) is 1.71. The SMILES string of the molecule is COc1cc(/C=C2\SC(=O)N(Cc3cccc(Cl)c3)C2=O)cc(I)c1OC(=O)c1ccc(Cl)cc1. The zero-order valence-corrected chi connectivity index (χ0v) is 22.6. The minimum absolute atomic E-state index is 0.128. The molecule has 35 heavy (non-hydrogen) atoms. The van der Waals surface area contributed by atoms with E-state index >= 15 is 0 Å². The fourth-order valence-corrected chi connectivity index (χ4v) is 5.18. The predicted octanol–water partition coefficient (Wildman–Crippen LogP) is 7.06. The highest BCUT2D eigenvalue weighted by Crippen LogP contribution is 2.38. The molecule has 0 bridgehead atoms. The van der Waals surface area contributed by atoms with Gasteiger partial charge in [0.25, 0.3) is 11.1 Å². The molecule has 1 saturated heterocycles. The normalized spacial score (nSPS) is 14.5. The van der Waals surface area contributed by atoms with Crippen molar-refractivity contribution in [1.82, 2.24) is 4.90 Å². The summed E-state index contributed by atoms with van der Waals surface area (Å²) in [7, 11) is 1.45. The van der Waals surface area contributed by atoms with Crippen LogP contribution in [0.2, 0.25) is 10.0 Å². The Bertz CT molecular complexity index is 1360. The number of hydrogen-bond donors (Lipinski definition) is 0. The van der Waals surface area contributed by atoms with Crippen LogP contribution < -0.4 is 9.47 Å². The van der Waals surface area contributed by atoms with Crippen LogP contribution in [0.5, 0.6) is 11.5 Å². The summed E-state index contributed by atoms with van der Waals surface area (Å²) in [6.07, 6.45) is 1.61. The van der Waals surface area contributed by atoms with Crippen molar-refractivity contribution in [1.29, 1.82) is 0 Å². The number of carbonyl (C=O) groups is 3. The molecule has 0 unspecified atom stereocenters. The maximum Gasteiger partial charge on any atom is 0.343 e. The Kier molecular flexibility index (Phi) is 8.05. The predicted molar refractivity (Wildman–Crippen MR) is 145 cm³/mol. The molecule has 1 heterocycles. The number of ether oxygens (including phenoxy) is 2. The second-order valence-electron chi connectivity index (χ2n) is 7.33. The van der Waals surface area contributed by atoms with E-state index < -0.39 is 11.9 Å². The summed E-state index contributed by atoms with van der Waals surface area (Å²) < 4.78 is 11.6. The highest BCUT2D eigenvalue weighted by atomic mass is 127. The third kappa shape index (κ3) is 6.00. The van der Waals surface area contributed by atoms with Crippen LogP contribution in [0, 0.1) is 3.57 Å². The lowest BCUT2D eigenvalue weighted by molar-refractivity contribution is -0.123. The minimum Gasteiger partial charge on any atom is -0.493 e. The number of thioether (sulfide) groups is 1. The third-order valence-electron chi connectivity index (χ3n) is 4.93. The van der Waals surface area contributed by atoms with Gasteiger partial charge >= 0.3 is 5.97 Å².